The first-order chi connectivity index (χ1) is 11.1. The van der Waals surface area contributed by atoms with Crippen molar-refractivity contribution >= 4 is 23.2 Å². The number of hydrogen-bond donors (Lipinski definition) is 2. The molecular weight excluding hydrogens is 294 g/mol. The van der Waals surface area contributed by atoms with Gasteiger partial charge in [-0.25, -0.2) is 0 Å². The second-order valence-electron chi connectivity index (χ2n) is 5.02. The lowest BCUT2D eigenvalue weighted by molar-refractivity contribution is 0.102. The molecule has 0 aliphatic carbocycles. The molecule has 0 unspecified atom stereocenters. The quantitative estimate of drug-likeness (QED) is 0.769. The Kier molecular flexibility index (Phi) is 4.01. The summed E-state index contributed by atoms with van der Waals surface area (Å²) in [6.45, 7) is 3.72. The number of nitrogens with one attached hydrogen (secondary N) is 2. The van der Waals surface area contributed by atoms with Gasteiger partial charge in [0, 0.05) is 11.8 Å². The Morgan fingerprint density at radius 3 is 2.52 bits per heavy atom. The van der Waals surface area contributed by atoms with E-state index in [4.69, 9.17) is 4.52 Å². The van der Waals surface area contributed by atoms with Gasteiger partial charge in [-0.3, -0.25) is 4.79 Å². The van der Waals surface area contributed by atoms with Crippen LogP contribution in [0.3, 0.4) is 0 Å². The topological polar surface area (TPSA) is 92.9 Å². The Morgan fingerprint density at radius 1 is 1.04 bits per heavy atom. The van der Waals surface area contributed by atoms with Crippen LogP contribution in [0, 0.1) is 13.8 Å². The zero-order valence-electron chi connectivity index (χ0n) is 12.7. The van der Waals surface area contributed by atoms with Crippen molar-refractivity contribution in [1.82, 2.24) is 15.4 Å². The number of rotatable bonds is 4. The number of nitrogens with zero attached hydrogens (tertiary/aromatic N) is 3. The fourth-order valence-electron chi connectivity index (χ4n) is 1.98. The lowest BCUT2D eigenvalue weighted by Gasteiger charge is -2.07. The van der Waals surface area contributed by atoms with E-state index in [1.165, 1.54) is 0 Å². The smallest absolute Gasteiger partial charge is 0.276 e. The van der Waals surface area contributed by atoms with Crippen LogP contribution in [-0.4, -0.2) is 21.3 Å². The molecule has 23 heavy (non-hydrogen) atoms. The van der Waals surface area contributed by atoms with E-state index in [0.717, 1.165) is 11.3 Å². The second kappa shape index (κ2) is 6.27. The van der Waals surface area contributed by atoms with Crippen LogP contribution in [0.2, 0.25) is 0 Å². The largest absolute Gasteiger partial charge is 0.360 e. The van der Waals surface area contributed by atoms with E-state index in [1.54, 1.807) is 25.1 Å². The minimum absolute atomic E-state index is 0.232. The predicted octanol–water partition coefficient (Wildman–Crippen LogP) is 3.08. The summed E-state index contributed by atoms with van der Waals surface area (Å²) in [5.74, 6) is 1.39. The van der Waals surface area contributed by atoms with E-state index in [1.807, 2.05) is 31.2 Å². The summed E-state index contributed by atoms with van der Waals surface area (Å²) < 4.78 is 4.95. The van der Waals surface area contributed by atoms with Crippen LogP contribution < -0.4 is 10.6 Å². The Bertz CT molecular complexity index is 826. The molecule has 0 aliphatic heterocycles. The van der Waals surface area contributed by atoms with Gasteiger partial charge in [0.15, 0.2) is 17.3 Å². The minimum Gasteiger partial charge on any atom is -0.360 e. The number of aromatic nitrogens is 3. The number of aryl methyl sites for hydroxylation is 2. The van der Waals surface area contributed by atoms with Gasteiger partial charge in [-0.05, 0) is 37.6 Å². The van der Waals surface area contributed by atoms with Gasteiger partial charge in [0.2, 0.25) is 0 Å². The van der Waals surface area contributed by atoms with Crippen molar-refractivity contribution in [3.05, 3.63) is 59.5 Å². The van der Waals surface area contributed by atoms with E-state index in [-0.39, 0.29) is 11.6 Å². The lowest BCUT2D eigenvalue weighted by Crippen LogP contribution is -2.15. The number of benzene rings is 1. The molecule has 3 rings (SSSR count). The highest BCUT2D eigenvalue weighted by atomic mass is 16.5. The molecule has 2 N–H and O–H groups in total. The molecule has 7 nitrogen and oxygen atoms in total. The van der Waals surface area contributed by atoms with Crippen molar-refractivity contribution in [1.29, 1.82) is 0 Å². The number of carbonyl (C=O) groups is 1. The van der Waals surface area contributed by atoms with Crippen LogP contribution in [0.15, 0.2) is 47.0 Å². The summed E-state index contributed by atoms with van der Waals surface area (Å²) >= 11 is 0. The van der Waals surface area contributed by atoms with Crippen molar-refractivity contribution in [3.8, 4) is 0 Å². The monoisotopic (exact) mass is 309 g/mol. The molecule has 0 bridgehead atoms. The molecule has 0 saturated carbocycles. The van der Waals surface area contributed by atoms with Crippen molar-refractivity contribution in [2.75, 3.05) is 10.6 Å². The molecule has 2 heterocycles. The average Bonchev–Trinajstić information content (AvgIpc) is 2.95. The zero-order valence-corrected chi connectivity index (χ0v) is 12.7. The molecule has 2 aromatic heterocycles. The van der Waals surface area contributed by atoms with Gasteiger partial charge in [-0.2, -0.15) is 0 Å². The van der Waals surface area contributed by atoms with Gasteiger partial charge >= 0.3 is 0 Å². The SMILES string of the molecule is Cc1cc(Nc2ccc(C(=O)Nc3ccccc3C)nn2)no1. The van der Waals surface area contributed by atoms with Crippen molar-refractivity contribution in [2.24, 2.45) is 0 Å². The molecule has 0 spiro atoms. The number of hydrogen-bond acceptors (Lipinski definition) is 6. The number of amides is 1. The van der Waals surface area contributed by atoms with E-state index < -0.39 is 0 Å². The highest BCUT2D eigenvalue weighted by molar-refractivity contribution is 6.03. The maximum Gasteiger partial charge on any atom is 0.276 e. The van der Waals surface area contributed by atoms with Crippen LogP contribution >= 0.6 is 0 Å². The fourth-order valence-corrected chi connectivity index (χ4v) is 1.98. The van der Waals surface area contributed by atoms with Gasteiger partial charge in [0.05, 0.1) is 0 Å². The highest BCUT2D eigenvalue weighted by Gasteiger charge is 2.10. The molecule has 0 atom stereocenters. The standard InChI is InChI=1S/C16H15N5O2/c1-10-5-3-4-6-12(10)17-16(22)13-7-8-14(20-19-13)18-15-9-11(2)23-21-15/h3-9H,1-2H3,(H,17,22)(H,18,20,21). The third-order valence-corrected chi connectivity index (χ3v) is 3.17. The summed E-state index contributed by atoms with van der Waals surface area (Å²) in [4.78, 5) is 12.2. The van der Waals surface area contributed by atoms with E-state index in [0.29, 0.717) is 17.4 Å². The first-order valence-electron chi connectivity index (χ1n) is 7.03. The Labute approximate surface area is 132 Å². The fraction of sp³-hybridized carbons (Fsp3) is 0.125. The normalized spacial score (nSPS) is 10.3. The number of carbonyl (C=O) groups excluding carboxylic acids is 1. The van der Waals surface area contributed by atoms with Crippen LogP contribution in [-0.2, 0) is 0 Å². The number of anilines is 3. The lowest BCUT2D eigenvalue weighted by atomic mass is 10.2. The molecule has 0 fully saturated rings. The molecule has 0 saturated heterocycles. The van der Waals surface area contributed by atoms with Gasteiger partial charge in [-0.15, -0.1) is 10.2 Å². The molecule has 0 aliphatic rings. The van der Waals surface area contributed by atoms with E-state index in [9.17, 15) is 4.79 Å². The van der Waals surface area contributed by atoms with Crippen LogP contribution in [0.5, 0.6) is 0 Å². The summed E-state index contributed by atoms with van der Waals surface area (Å²) in [7, 11) is 0. The summed E-state index contributed by atoms with van der Waals surface area (Å²) in [6.07, 6.45) is 0. The summed E-state index contributed by atoms with van der Waals surface area (Å²) in [6, 6.07) is 12.5. The van der Waals surface area contributed by atoms with Gasteiger partial charge < -0.3 is 15.2 Å². The van der Waals surface area contributed by atoms with Crippen LogP contribution in [0.1, 0.15) is 21.8 Å². The Balaban J connectivity index is 1.69. The van der Waals surface area contributed by atoms with Crippen LogP contribution in [0.4, 0.5) is 17.3 Å². The van der Waals surface area contributed by atoms with Crippen molar-refractivity contribution in [3.63, 3.8) is 0 Å². The first kappa shape index (κ1) is 14.7. The molecule has 1 aromatic carbocycles. The first-order valence-corrected chi connectivity index (χ1v) is 7.03. The highest BCUT2D eigenvalue weighted by Crippen LogP contribution is 2.16. The Hall–Kier alpha value is -3.22. The molecule has 0 radical (unpaired) electrons. The molecule has 1 amide bonds. The minimum atomic E-state index is -0.310. The number of para-hydroxylation sites is 1. The summed E-state index contributed by atoms with van der Waals surface area (Å²) in [5, 5.41) is 17.4. The van der Waals surface area contributed by atoms with Gasteiger partial charge in [0.1, 0.15) is 5.76 Å². The molecule has 116 valence electrons. The van der Waals surface area contributed by atoms with E-state index in [2.05, 4.69) is 26.0 Å². The third kappa shape index (κ3) is 3.52. The van der Waals surface area contributed by atoms with Gasteiger partial charge in [-0.1, -0.05) is 23.4 Å². The maximum absolute atomic E-state index is 12.2. The maximum atomic E-state index is 12.2. The van der Waals surface area contributed by atoms with Gasteiger partial charge in [0.25, 0.3) is 5.91 Å². The molecular formula is C16H15N5O2. The molecule has 7 heteroatoms. The molecule has 3 aromatic rings. The zero-order chi connectivity index (χ0) is 16.2. The predicted molar refractivity (Wildman–Crippen MR) is 85.7 cm³/mol. The third-order valence-electron chi connectivity index (χ3n) is 3.17. The van der Waals surface area contributed by atoms with Crippen LogP contribution in [0.25, 0.3) is 0 Å². The van der Waals surface area contributed by atoms with Crippen molar-refractivity contribution < 1.29 is 9.32 Å². The van der Waals surface area contributed by atoms with Crippen molar-refractivity contribution in [2.45, 2.75) is 13.8 Å². The Morgan fingerprint density at radius 2 is 1.87 bits per heavy atom. The average molecular weight is 309 g/mol. The second-order valence-corrected chi connectivity index (χ2v) is 5.02. The summed E-state index contributed by atoms with van der Waals surface area (Å²) in [5.41, 5.74) is 1.96. The van der Waals surface area contributed by atoms with E-state index >= 15 is 0 Å².